The lowest BCUT2D eigenvalue weighted by atomic mass is 10.2. The van der Waals surface area contributed by atoms with E-state index in [1.54, 1.807) is 6.07 Å². The first-order valence-electron chi connectivity index (χ1n) is 2.97. The largest absolute Gasteiger partial charge is 0.409 e. The molecule has 1 aromatic carbocycles. The van der Waals surface area contributed by atoms with Crippen molar-refractivity contribution in [2.45, 2.75) is 0 Å². The van der Waals surface area contributed by atoms with Gasteiger partial charge in [-0.1, -0.05) is 17.3 Å². The molecule has 0 aliphatic carbocycles. The minimum atomic E-state index is -0.408. The maximum Gasteiger partial charge on any atom is 0.170 e. The Labute approximate surface area is 62.9 Å². The fraction of sp³-hybridized carbons (Fsp3) is 0. The molecule has 58 valence electrons. The number of amidine groups is 1. The molecule has 0 amide bonds. The van der Waals surface area contributed by atoms with Gasteiger partial charge in [-0.05, 0) is 12.1 Å². The van der Waals surface area contributed by atoms with Crippen molar-refractivity contribution >= 4 is 5.84 Å². The van der Waals surface area contributed by atoms with Gasteiger partial charge in [0.15, 0.2) is 5.84 Å². The van der Waals surface area contributed by atoms with E-state index in [0.717, 1.165) is 0 Å². The molecule has 0 bridgehead atoms. The average molecular weight is 154 g/mol. The minimum absolute atomic E-state index is 0.0931. The average Bonchev–Trinajstić information content (AvgIpc) is 2.03. The molecule has 3 N–H and O–H groups in total. The monoisotopic (exact) mass is 154 g/mol. The molecule has 11 heavy (non-hydrogen) atoms. The molecular weight excluding hydrogens is 147 g/mol. The molecule has 0 unspecified atom stereocenters. The highest BCUT2D eigenvalue weighted by molar-refractivity contribution is 5.96. The number of rotatable bonds is 1. The Morgan fingerprint density at radius 1 is 1.55 bits per heavy atom. The van der Waals surface area contributed by atoms with Gasteiger partial charge in [-0.25, -0.2) is 4.39 Å². The molecular formula is C7H7FN2O. The highest BCUT2D eigenvalue weighted by Crippen LogP contribution is 2.02. The summed E-state index contributed by atoms with van der Waals surface area (Å²) in [6, 6.07) is 5.52. The van der Waals surface area contributed by atoms with Crippen LogP contribution in [-0.4, -0.2) is 11.0 Å². The van der Waals surface area contributed by atoms with Crippen molar-refractivity contribution in [3.8, 4) is 0 Å². The summed E-state index contributed by atoms with van der Waals surface area (Å²) in [6.45, 7) is 0. The van der Waals surface area contributed by atoms with Crippen LogP contribution in [0.2, 0.25) is 0 Å². The van der Waals surface area contributed by atoms with E-state index in [9.17, 15) is 4.39 Å². The van der Waals surface area contributed by atoms with Crippen LogP contribution in [0.25, 0.3) is 0 Å². The second kappa shape index (κ2) is 3.01. The first kappa shape index (κ1) is 7.53. The standard InChI is InChI=1S/C7H7FN2O/c8-6-3-1-2-5(4-6)7(9)10-11/h1-4,11H,(H2,9,10). The van der Waals surface area contributed by atoms with Crippen LogP contribution in [0.3, 0.4) is 0 Å². The van der Waals surface area contributed by atoms with Crippen LogP contribution in [0.5, 0.6) is 0 Å². The SMILES string of the molecule is N/C(=N\O)c1cccc(F)c1. The maximum atomic E-state index is 12.5. The second-order valence-corrected chi connectivity index (χ2v) is 2.00. The highest BCUT2D eigenvalue weighted by Gasteiger charge is 1.98. The van der Waals surface area contributed by atoms with Crippen LogP contribution in [0, 0.1) is 5.82 Å². The Balaban J connectivity index is 3.06. The molecule has 1 aromatic rings. The van der Waals surface area contributed by atoms with Gasteiger partial charge >= 0.3 is 0 Å². The summed E-state index contributed by atoms with van der Waals surface area (Å²) in [6.07, 6.45) is 0. The number of hydrogen-bond acceptors (Lipinski definition) is 2. The maximum absolute atomic E-state index is 12.5. The summed E-state index contributed by atoms with van der Waals surface area (Å²) in [5.74, 6) is -0.501. The summed E-state index contributed by atoms with van der Waals surface area (Å²) in [5, 5.41) is 10.9. The number of halogens is 1. The zero-order chi connectivity index (χ0) is 8.27. The molecule has 0 aliphatic rings. The zero-order valence-corrected chi connectivity index (χ0v) is 5.66. The van der Waals surface area contributed by atoms with Gasteiger partial charge in [0.05, 0.1) is 0 Å². The molecule has 0 aromatic heterocycles. The van der Waals surface area contributed by atoms with Crippen molar-refractivity contribution in [1.29, 1.82) is 0 Å². The summed E-state index contributed by atoms with van der Waals surface area (Å²) >= 11 is 0. The predicted molar refractivity (Wildman–Crippen MR) is 38.9 cm³/mol. The van der Waals surface area contributed by atoms with E-state index in [-0.39, 0.29) is 5.84 Å². The predicted octanol–water partition coefficient (Wildman–Crippen LogP) is 0.920. The lowest BCUT2D eigenvalue weighted by Gasteiger charge is -1.96. The van der Waals surface area contributed by atoms with E-state index in [4.69, 9.17) is 10.9 Å². The number of hydrogen-bond donors (Lipinski definition) is 2. The van der Waals surface area contributed by atoms with Crippen molar-refractivity contribution in [1.82, 2.24) is 0 Å². The lowest BCUT2D eigenvalue weighted by molar-refractivity contribution is 0.318. The smallest absolute Gasteiger partial charge is 0.170 e. The fourth-order valence-electron chi connectivity index (χ4n) is 0.706. The Kier molecular flexibility index (Phi) is 2.06. The molecule has 0 saturated heterocycles. The normalized spacial score (nSPS) is 11.5. The topological polar surface area (TPSA) is 58.6 Å². The van der Waals surface area contributed by atoms with Crippen LogP contribution < -0.4 is 5.73 Å². The molecule has 0 spiro atoms. The highest BCUT2D eigenvalue weighted by atomic mass is 19.1. The van der Waals surface area contributed by atoms with Gasteiger partial charge < -0.3 is 10.9 Å². The van der Waals surface area contributed by atoms with Gasteiger partial charge in [-0.2, -0.15) is 0 Å². The van der Waals surface area contributed by atoms with E-state index >= 15 is 0 Å². The number of benzene rings is 1. The summed E-state index contributed by atoms with van der Waals surface area (Å²) in [5.41, 5.74) is 5.56. The van der Waals surface area contributed by atoms with Crippen LogP contribution in [0.15, 0.2) is 29.4 Å². The summed E-state index contributed by atoms with van der Waals surface area (Å²) in [7, 11) is 0. The first-order valence-corrected chi connectivity index (χ1v) is 2.97. The van der Waals surface area contributed by atoms with Gasteiger partial charge in [0.25, 0.3) is 0 Å². The van der Waals surface area contributed by atoms with Crippen LogP contribution in [0.1, 0.15) is 5.56 Å². The lowest BCUT2D eigenvalue weighted by Crippen LogP contribution is -2.12. The second-order valence-electron chi connectivity index (χ2n) is 2.00. The van der Waals surface area contributed by atoms with Crippen molar-refractivity contribution in [2.24, 2.45) is 10.9 Å². The van der Waals surface area contributed by atoms with Crippen molar-refractivity contribution in [3.63, 3.8) is 0 Å². The Hall–Kier alpha value is -1.58. The number of nitrogens with two attached hydrogens (primary N) is 1. The molecule has 1 rings (SSSR count). The third-order valence-corrected chi connectivity index (χ3v) is 1.23. The third kappa shape index (κ3) is 1.67. The number of oxime groups is 1. The zero-order valence-electron chi connectivity index (χ0n) is 5.66. The minimum Gasteiger partial charge on any atom is -0.409 e. The molecule has 4 heteroatoms. The molecule has 0 fully saturated rings. The summed E-state index contributed by atoms with van der Waals surface area (Å²) in [4.78, 5) is 0. The van der Waals surface area contributed by atoms with Crippen molar-refractivity contribution < 1.29 is 9.60 Å². The fourth-order valence-corrected chi connectivity index (χ4v) is 0.706. The van der Waals surface area contributed by atoms with E-state index < -0.39 is 5.82 Å². The van der Waals surface area contributed by atoms with E-state index in [1.165, 1.54) is 18.2 Å². The molecule has 0 heterocycles. The van der Waals surface area contributed by atoms with E-state index in [0.29, 0.717) is 5.56 Å². The Bertz CT molecular complexity index is 286. The molecule has 0 saturated carbocycles. The van der Waals surface area contributed by atoms with Gasteiger partial charge in [-0.15, -0.1) is 0 Å². The van der Waals surface area contributed by atoms with E-state index in [1.807, 2.05) is 0 Å². The quantitative estimate of drug-likeness (QED) is 0.273. The summed E-state index contributed by atoms with van der Waals surface area (Å²) < 4.78 is 12.5. The van der Waals surface area contributed by atoms with Gasteiger partial charge in [0.2, 0.25) is 0 Å². The van der Waals surface area contributed by atoms with Gasteiger partial charge in [-0.3, -0.25) is 0 Å². The van der Waals surface area contributed by atoms with Crippen molar-refractivity contribution in [2.75, 3.05) is 0 Å². The van der Waals surface area contributed by atoms with Crippen LogP contribution in [0.4, 0.5) is 4.39 Å². The van der Waals surface area contributed by atoms with Crippen molar-refractivity contribution in [3.05, 3.63) is 35.6 Å². The first-order chi connectivity index (χ1) is 5.24. The van der Waals surface area contributed by atoms with Crippen LogP contribution >= 0.6 is 0 Å². The number of nitrogens with zero attached hydrogens (tertiary/aromatic N) is 1. The molecule has 0 aliphatic heterocycles. The Morgan fingerprint density at radius 2 is 2.27 bits per heavy atom. The van der Waals surface area contributed by atoms with Gasteiger partial charge in [0.1, 0.15) is 5.82 Å². The van der Waals surface area contributed by atoms with Crippen LogP contribution in [-0.2, 0) is 0 Å². The van der Waals surface area contributed by atoms with E-state index in [2.05, 4.69) is 5.16 Å². The molecule has 0 radical (unpaired) electrons. The third-order valence-electron chi connectivity index (χ3n) is 1.23. The Morgan fingerprint density at radius 3 is 2.82 bits per heavy atom. The van der Waals surface area contributed by atoms with Gasteiger partial charge in [0, 0.05) is 5.56 Å². The molecule has 0 atom stereocenters. The molecule has 3 nitrogen and oxygen atoms in total.